The molecule has 0 saturated carbocycles. The molecule has 0 amide bonds. The molecule has 1 aliphatic rings. The Kier molecular flexibility index (Phi) is 6.30. The zero-order chi connectivity index (χ0) is 14.2. The minimum absolute atomic E-state index is 0.416. The molecule has 20 heavy (non-hydrogen) atoms. The average molecular weight is 278 g/mol. The van der Waals surface area contributed by atoms with Crippen LogP contribution in [0.3, 0.4) is 0 Å². The highest BCUT2D eigenvalue weighted by atomic mass is 16.5. The molecule has 1 atom stereocenters. The Morgan fingerprint density at radius 1 is 1.35 bits per heavy atom. The second-order valence-corrected chi connectivity index (χ2v) is 5.22. The average Bonchev–Trinajstić information content (AvgIpc) is 3.00. The molecule has 1 saturated heterocycles. The first-order chi connectivity index (χ1) is 9.81. The van der Waals surface area contributed by atoms with Gasteiger partial charge in [0.05, 0.1) is 6.10 Å². The second kappa shape index (κ2) is 8.25. The lowest BCUT2D eigenvalue weighted by atomic mass is 10.2. The molecule has 1 unspecified atom stereocenters. The highest BCUT2D eigenvalue weighted by Gasteiger charge is 2.18. The van der Waals surface area contributed by atoms with Crippen LogP contribution in [0.2, 0.25) is 0 Å². The molecule has 0 radical (unpaired) electrons. The Balaban J connectivity index is 1.69. The molecule has 1 aromatic carbocycles. The monoisotopic (exact) mass is 278 g/mol. The molecule has 2 rings (SSSR count). The van der Waals surface area contributed by atoms with Gasteiger partial charge in [0.2, 0.25) is 0 Å². The van der Waals surface area contributed by atoms with Crippen LogP contribution in [-0.2, 0) is 11.3 Å². The molecule has 1 fully saturated rings. The molecule has 112 valence electrons. The number of ether oxygens (including phenoxy) is 2. The number of nitrogens with two attached hydrogens (primary N) is 1. The minimum atomic E-state index is 0.416. The van der Waals surface area contributed by atoms with Crippen LogP contribution in [0.25, 0.3) is 0 Å². The lowest BCUT2D eigenvalue weighted by Crippen LogP contribution is -2.35. The van der Waals surface area contributed by atoms with Gasteiger partial charge in [-0.3, -0.25) is 4.90 Å². The van der Waals surface area contributed by atoms with Crippen molar-refractivity contribution in [3.63, 3.8) is 0 Å². The zero-order valence-corrected chi connectivity index (χ0v) is 12.4. The van der Waals surface area contributed by atoms with Gasteiger partial charge in [0.25, 0.3) is 0 Å². The highest BCUT2D eigenvalue weighted by Crippen LogP contribution is 2.14. The fraction of sp³-hybridized carbons (Fsp3) is 0.625. The third-order valence-corrected chi connectivity index (χ3v) is 3.77. The maximum Gasteiger partial charge on any atom is 0.119 e. The largest absolute Gasteiger partial charge is 0.492 e. The van der Waals surface area contributed by atoms with Crippen molar-refractivity contribution in [2.24, 2.45) is 5.73 Å². The first-order valence-corrected chi connectivity index (χ1v) is 7.57. The molecule has 0 aliphatic carbocycles. The SMILES string of the molecule is CCN(CCOc1ccc(CN)cc1)CC1CCCO1. The predicted molar refractivity (Wildman–Crippen MR) is 80.9 cm³/mol. The quantitative estimate of drug-likeness (QED) is 0.790. The summed E-state index contributed by atoms with van der Waals surface area (Å²) in [5.41, 5.74) is 6.71. The van der Waals surface area contributed by atoms with E-state index in [1.807, 2.05) is 24.3 Å². The van der Waals surface area contributed by atoms with Gasteiger partial charge >= 0.3 is 0 Å². The third-order valence-electron chi connectivity index (χ3n) is 3.77. The summed E-state index contributed by atoms with van der Waals surface area (Å²) >= 11 is 0. The first-order valence-electron chi connectivity index (χ1n) is 7.57. The number of nitrogens with zero attached hydrogens (tertiary/aromatic N) is 1. The predicted octanol–water partition coefficient (Wildman–Crippen LogP) is 2.02. The summed E-state index contributed by atoms with van der Waals surface area (Å²) in [5, 5.41) is 0. The molecule has 4 heteroatoms. The van der Waals surface area contributed by atoms with Gasteiger partial charge < -0.3 is 15.2 Å². The summed E-state index contributed by atoms with van der Waals surface area (Å²) in [6, 6.07) is 8.00. The van der Waals surface area contributed by atoms with Crippen LogP contribution in [0.15, 0.2) is 24.3 Å². The summed E-state index contributed by atoms with van der Waals surface area (Å²) in [6.45, 7) is 7.39. The minimum Gasteiger partial charge on any atom is -0.492 e. The Labute approximate surface area is 121 Å². The van der Waals surface area contributed by atoms with Crippen LogP contribution in [0.5, 0.6) is 5.75 Å². The molecular weight excluding hydrogens is 252 g/mol. The van der Waals surface area contributed by atoms with E-state index in [1.54, 1.807) is 0 Å². The van der Waals surface area contributed by atoms with Crippen molar-refractivity contribution in [3.8, 4) is 5.75 Å². The second-order valence-electron chi connectivity index (χ2n) is 5.22. The Hall–Kier alpha value is -1.10. The lowest BCUT2D eigenvalue weighted by molar-refractivity contribution is 0.0701. The molecule has 2 N–H and O–H groups in total. The van der Waals surface area contributed by atoms with Crippen molar-refractivity contribution in [1.82, 2.24) is 4.90 Å². The Morgan fingerprint density at radius 2 is 2.15 bits per heavy atom. The fourth-order valence-corrected chi connectivity index (χ4v) is 2.47. The van der Waals surface area contributed by atoms with Gasteiger partial charge in [0.15, 0.2) is 0 Å². The van der Waals surface area contributed by atoms with Crippen LogP contribution in [0, 0.1) is 0 Å². The Bertz CT molecular complexity index is 375. The first kappa shape index (κ1) is 15.3. The number of hydrogen-bond acceptors (Lipinski definition) is 4. The van der Waals surface area contributed by atoms with Crippen molar-refractivity contribution >= 4 is 0 Å². The molecule has 0 spiro atoms. The molecule has 1 aliphatic heterocycles. The van der Waals surface area contributed by atoms with E-state index < -0.39 is 0 Å². The normalized spacial score (nSPS) is 18.6. The van der Waals surface area contributed by atoms with Gasteiger partial charge in [-0.05, 0) is 37.1 Å². The van der Waals surface area contributed by atoms with Crippen molar-refractivity contribution in [2.45, 2.75) is 32.4 Å². The van der Waals surface area contributed by atoms with E-state index in [0.29, 0.717) is 19.3 Å². The van der Waals surface area contributed by atoms with Gasteiger partial charge in [-0.1, -0.05) is 19.1 Å². The van der Waals surface area contributed by atoms with E-state index in [9.17, 15) is 0 Å². The van der Waals surface area contributed by atoms with Crippen molar-refractivity contribution < 1.29 is 9.47 Å². The van der Waals surface area contributed by atoms with E-state index in [2.05, 4.69) is 11.8 Å². The zero-order valence-electron chi connectivity index (χ0n) is 12.4. The number of rotatable bonds is 8. The van der Waals surface area contributed by atoms with Gasteiger partial charge in [-0.25, -0.2) is 0 Å². The molecule has 0 aromatic heterocycles. The summed E-state index contributed by atoms with van der Waals surface area (Å²) in [7, 11) is 0. The van der Waals surface area contributed by atoms with Gasteiger partial charge in [0.1, 0.15) is 12.4 Å². The number of likely N-dealkylation sites (N-methyl/N-ethyl adjacent to an activating group) is 1. The van der Waals surface area contributed by atoms with E-state index in [0.717, 1.165) is 37.6 Å². The van der Waals surface area contributed by atoms with Crippen LogP contribution < -0.4 is 10.5 Å². The van der Waals surface area contributed by atoms with Crippen LogP contribution in [0.4, 0.5) is 0 Å². The van der Waals surface area contributed by atoms with Crippen LogP contribution in [0.1, 0.15) is 25.3 Å². The standard InChI is InChI=1S/C16H26N2O2/c1-2-18(13-16-4-3-10-19-16)9-11-20-15-7-5-14(12-17)6-8-15/h5-8,16H,2-4,9-13,17H2,1H3. The van der Waals surface area contributed by atoms with E-state index in [4.69, 9.17) is 15.2 Å². The van der Waals surface area contributed by atoms with Gasteiger partial charge in [-0.2, -0.15) is 0 Å². The van der Waals surface area contributed by atoms with Crippen molar-refractivity contribution in [3.05, 3.63) is 29.8 Å². The lowest BCUT2D eigenvalue weighted by Gasteiger charge is -2.23. The molecule has 4 nitrogen and oxygen atoms in total. The maximum absolute atomic E-state index is 5.78. The van der Waals surface area contributed by atoms with Crippen LogP contribution >= 0.6 is 0 Å². The maximum atomic E-state index is 5.78. The third kappa shape index (κ3) is 4.78. The number of benzene rings is 1. The van der Waals surface area contributed by atoms with Gasteiger partial charge in [-0.15, -0.1) is 0 Å². The fourth-order valence-electron chi connectivity index (χ4n) is 2.47. The summed E-state index contributed by atoms with van der Waals surface area (Å²) in [4.78, 5) is 2.39. The van der Waals surface area contributed by atoms with Gasteiger partial charge in [0, 0.05) is 26.2 Å². The smallest absolute Gasteiger partial charge is 0.119 e. The summed E-state index contributed by atoms with van der Waals surface area (Å²) in [5.74, 6) is 0.912. The molecule has 0 bridgehead atoms. The molecule has 1 heterocycles. The highest BCUT2D eigenvalue weighted by molar-refractivity contribution is 5.27. The van der Waals surface area contributed by atoms with E-state index >= 15 is 0 Å². The molecule has 1 aromatic rings. The van der Waals surface area contributed by atoms with E-state index in [-0.39, 0.29) is 0 Å². The number of hydrogen-bond donors (Lipinski definition) is 1. The van der Waals surface area contributed by atoms with Crippen LogP contribution in [-0.4, -0.2) is 43.9 Å². The molecular formula is C16H26N2O2. The summed E-state index contributed by atoms with van der Waals surface area (Å²) in [6.07, 6.45) is 2.81. The topological polar surface area (TPSA) is 47.7 Å². The van der Waals surface area contributed by atoms with E-state index in [1.165, 1.54) is 12.8 Å². The van der Waals surface area contributed by atoms with Crippen molar-refractivity contribution in [1.29, 1.82) is 0 Å². The van der Waals surface area contributed by atoms with Crippen molar-refractivity contribution in [2.75, 3.05) is 32.8 Å². The summed E-state index contributed by atoms with van der Waals surface area (Å²) < 4.78 is 11.5. The Morgan fingerprint density at radius 3 is 2.75 bits per heavy atom.